The molecule has 0 saturated carbocycles. The highest BCUT2D eigenvalue weighted by Gasteiger charge is 2.27. The van der Waals surface area contributed by atoms with Crippen LogP contribution in [0.3, 0.4) is 0 Å². The minimum Gasteiger partial charge on any atom is -0.394 e. The molecule has 0 aliphatic rings. The second kappa shape index (κ2) is 4.58. The fourth-order valence-electron chi connectivity index (χ4n) is 0.721. The number of carbonyl (C=O) groups excluding carboxylic acids is 1. The van der Waals surface area contributed by atoms with Crippen molar-refractivity contribution in [3.63, 3.8) is 0 Å². The van der Waals surface area contributed by atoms with E-state index in [1.807, 2.05) is 0 Å². The van der Waals surface area contributed by atoms with Gasteiger partial charge in [-0.2, -0.15) is 0 Å². The summed E-state index contributed by atoms with van der Waals surface area (Å²) in [6.45, 7) is 7.93. The number of Topliss-reactive ketones (excluding diaryl/α,β-unsaturated/α-hetero) is 1. The lowest BCUT2D eigenvalue weighted by Crippen LogP contribution is -2.52. The maximum atomic E-state index is 11.1. The maximum absolute atomic E-state index is 11.1. The average Bonchev–Trinajstić information content (AvgIpc) is 1.99. The van der Waals surface area contributed by atoms with Crippen LogP contribution in [0.4, 0.5) is 0 Å². The summed E-state index contributed by atoms with van der Waals surface area (Å²) in [4.78, 5) is 11.1. The van der Waals surface area contributed by atoms with E-state index in [9.17, 15) is 4.79 Å². The van der Waals surface area contributed by atoms with Crippen LogP contribution in [0.1, 0.15) is 27.7 Å². The molecule has 72 valence electrons. The molecule has 0 spiro atoms. The molecule has 0 fully saturated rings. The molecule has 0 aliphatic carbocycles. The van der Waals surface area contributed by atoms with Crippen LogP contribution in [-0.4, -0.2) is 29.6 Å². The molecule has 3 nitrogen and oxygen atoms in total. The first-order valence-corrected chi connectivity index (χ1v) is 4.29. The van der Waals surface area contributed by atoms with E-state index in [1.54, 1.807) is 6.92 Å². The molecule has 0 saturated heterocycles. The molecule has 12 heavy (non-hydrogen) atoms. The topological polar surface area (TPSA) is 49.3 Å². The Morgan fingerprint density at radius 1 is 1.58 bits per heavy atom. The van der Waals surface area contributed by atoms with Crippen LogP contribution in [0, 0.1) is 5.92 Å². The van der Waals surface area contributed by atoms with Gasteiger partial charge in [0, 0.05) is 0 Å². The number of rotatable bonds is 5. The number of aliphatic hydroxyl groups excluding tert-OH is 1. The lowest BCUT2D eigenvalue weighted by molar-refractivity contribution is -0.124. The van der Waals surface area contributed by atoms with Gasteiger partial charge in [-0.25, -0.2) is 0 Å². The average molecular weight is 173 g/mol. The van der Waals surface area contributed by atoms with Crippen LogP contribution in [0.2, 0.25) is 0 Å². The summed E-state index contributed by atoms with van der Waals surface area (Å²) in [5.41, 5.74) is -0.760. The number of carbonyl (C=O) groups is 1. The van der Waals surface area contributed by atoms with Crippen molar-refractivity contribution >= 4 is 5.78 Å². The number of aliphatic hydroxyl groups is 1. The van der Waals surface area contributed by atoms with Crippen molar-refractivity contribution in [2.24, 2.45) is 5.92 Å². The fraction of sp³-hybridized carbons (Fsp3) is 0.889. The Kier molecular flexibility index (Phi) is 4.42. The van der Waals surface area contributed by atoms with Gasteiger partial charge < -0.3 is 10.4 Å². The van der Waals surface area contributed by atoms with E-state index in [4.69, 9.17) is 5.11 Å². The SMILES string of the molecule is CC(=O)[C@](C)(CO)NCC(C)C. The van der Waals surface area contributed by atoms with Gasteiger partial charge in [0.05, 0.1) is 12.1 Å². The van der Waals surface area contributed by atoms with E-state index in [2.05, 4.69) is 19.2 Å². The van der Waals surface area contributed by atoms with E-state index in [-0.39, 0.29) is 12.4 Å². The van der Waals surface area contributed by atoms with Gasteiger partial charge in [0.15, 0.2) is 5.78 Å². The molecule has 0 aromatic heterocycles. The molecular formula is C9H19NO2. The van der Waals surface area contributed by atoms with Crippen molar-refractivity contribution in [3.05, 3.63) is 0 Å². The van der Waals surface area contributed by atoms with E-state index in [0.717, 1.165) is 6.54 Å². The predicted octanol–water partition coefficient (Wildman–Crippen LogP) is 0.572. The smallest absolute Gasteiger partial charge is 0.151 e. The molecule has 0 aromatic carbocycles. The number of hydrogen-bond acceptors (Lipinski definition) is 3. The van der Waals surface area contributed by atoms with Crippen molar-refractivity contribution in [2.45, 2.75) is 33.2 Å². The third kappa shape index (κ3) is 3.32. The standard InChI is InChI=1S/C9H19NO2/c1-7(2)5-10-9(4,6-11)8(3)12/h7,10-11H,5-6H2,1-4H3/t9-/m0/s1. The van der Waals surface area contributed by atoms with Gasteiger partial charge in [0.25, 0.3) is 0 Å². The second-order valence-corrected chi connectivity index (χ2v) is 3.82. The van der Waals surface area contributed by atoms with Crippen molar-refractivity contribution in [2.75, 3.05) is 13.2 Å². The summed E-state index contributed by atoms with van der Waals surface area (Å²) >= 11 is 0. The molecule has 1 atom stereocenters. The third-order valence-corrected chi connectivity index (χ3v) is 1.99. The molecule has 0 heterocycles. The van der Waals surface area contributed by atoms with Gasteiger partial charge in [0.2, 0.25) is 0 Å². The fourth-order valence-corrected chi connectivity index (χ4v) is 0.721. The highest BCUT2D eigenvalue weighted by Crippen LogP contribution is 2.04. The normalized spacial score (nSPS) is 16.2. The molecule has 0 bridgehead atoms. The Bertz CT molecular complexity index is 157. The Morgan fingerprint density at radius 3 is 2.33 bits per heavy atom. The summed E-state index contributed by atoms with van der Waals surface area (Å²) in [7, 11) is 0. The molecule has 0 radical (unpaired) electrons. The molecule has 0 aliphatic heterocycles. The zero-order chi connectivity index (χ0) is 9.78. The predicted molar refractivity (Wildman–Crippen MR) is 49.0 cm³/mol. The summed E-state index contributed by atoms with van der Waals surface area (Å²) in [6.07, 6.45) is 0. The van der Waals surface area contributed by atoms with Crippen LogP contribution >= 0.6 is 0 Å². The van der Waals surface area contributed by atoms with Crippen molar-refractivity contribution in [3.8, 4) is 0 Å². The van der Waals surface area contributed by atoms with Gasteiger partial charge in [0.1, 0.15) is 0 Å². The van der Waals surface area contributed by atoms with Crippen molar-refractivity contribution < 1.29 is 9.90 Å². The minimum absolute atomic E-state index is 0.0225. The zero-order valence-corrected chi connectivity index (χ0v) is 8.35. The Labute approximate surface area is 74.2 Å². The lowest BCUT2D eigenvalue weighted by Gasteiger charge is -2.26. The maximum Gasteiger partial charge on any atom is 0.151 e. The van der Waals surface area contributed by atoms with E-state index >= 15 is 0 Å². The zero-order valence-electron chi connectivity index (χ0n) is 8.35. The molecule has 0 unspecified atom stereocenters. The first-order valence-electron chi connectivity index (χ1n) is 4.29. The Balaban J connectivity index is 4.06. The highest BCUT2D eigenvalue weighted by atomic mass is 16.3. The Hall–Kier alpha value is -0.410. The van der Waals surface area contributed by atoms with Crippen molar-refractivity contribution in [1.29, 1.82) is 0 Å². The number of ketones is 1. The number of nitrogens with one attached hydrogen (secondary N) is 1. The quantitative estimate of drug-likeness (QED) is 0.639. The van der Waals surface area contributed by atoms with Gasteiger partial charge in [-0.15, -0.1) is 0 Å². The van der Waals surface area contributed by atoms with Crippen LogP contribution < -0.4 is 5.32 Å². The van der Waals surface area contributed by atoms with Gasteiger partial charge >= 0.3 is 0 Å². The van der Waals surface area contributed by atoms with E-state index in [1.165, 1.54) is 6.92 Å². The van der Waals surface area contributed by atoms with Gasteiger partial charge in [-0.3, -0.25) is 4.79 Å². The number of hydrogen-bond donors (Lipinski definition) is 2. The Morgan fingerprint density at radius 2 is 2.08 bits per heavy atom. The first kappa shape index (κ1) is 11.6. The van der Waals surface area contributed by atoms with Crippen LogP contribution in [0.25, 0.3) is 0 Å². The highest BCUT2D eigenvalue weighted by molar-refractivity contribution is 5.85. The summed E-state index contributed by atoms with van der Waals surface area (Å²) in [5.74, 6) is 0.459. The molecule has 2 N–H and O–H groups in total. The van der Waals surface area contributed by atoms with E-state index < -0.39 is 5.54 Å². The summed E-state index contributed by atoms with van der Waals surface area (Å²) in [6, 6.07) is 0. The minimum atomic E-state index is -0.760. The van der Waals surface area contributed by atoms with Crippen LogP contribution in [0.15, 0.2) is 0 Å². The molecule has 0 aromatic rings. The van der Waals surface area contributed by atoms with Gasteiger partial charge in [-0.1, -0.05) is 13.8 Å². The largest absolute Gasteiger partial charge is 0.394 e. The van der Waals surface area contributed by atoms with E-state index in [0.29, 0.717) is 5.92 Å². The van der Waals surface area contributed by atoms with Crippen LogP contribution in [-0.2, 0) is 4.79 Å². The first-order chi connectivity index (χ1) is 5.42. The molecule has 0 rings (SSSR count). The second-order valence-electron chi connectivity index (χ2n) is 3.82. The summed E-state index contributed by atoms with van der Waals surface area (Å²) in [5, 5.41) is 12.0. The lowest BCUT2D eigenvalue weighted by atomic mass is 9.98. The molecular weight excluding hydrogens is 154 g/mol. The monoisotopic (exact) mass is 173 g/mol. The summed E-state index contributed by atoms with van der Waals surface area (Å²) < 4.78 is 0. The molecule has 0 amide bonds. The van der Waals surface area contributed by atoms with Gasteiger partial charge in [-0.05, 0) is 26.3 Å². The third-order valence-electron chi connectivity index (χ3n) is 1.99. The van der Waals surface area contributed by atoms with Crippen LogP contribution in [0.5, 0.6) is 0 Å². The van der Waals surface area contributed by atoms with Crippen molar-refractivity contribution in [1.82, 2.24) is 5.32 Å². The molecule has 3 heteroatoms.